The van der Waals surface area contributed by atoms with Crippen LogP contribution in [-0.2, 0) is 26.0 Å². The Bertz CT molecular complexity index is 1410. The molecule has 1 unspecified atom stereocenters. The van der Waals surface area contributed by atoms with E-state index >= 15 is 0 Å². The summed E-state index contributed by atoms with van der Waals surface area (Å²) in [6, 6.07) is 16.9. The van der Waals surface area contributed by atoms with E-state index in [1.807, 2.05) is 30.3 Å². The predicted octanol–water partition coefficient (Wildman–Crippen LogP) is 2.87. The van der Waals surface area contributed by atoms with Gasteiger partial charge >= 0.3 is 0 Å². The largest absolute Gasteiger partial charge is 0.497 e. The minimum Gasteiger partial charge on any atom is -0.497 e. The Morgan fingerprint density at radius 3 is 2.39 bits per heavy atom. The first-order valence-electron chi connectivity index (χ1n) is 12.5. The lowest BCUT2D eigenvalue weighted by molar-refractivity contribution is -0.128. The van der Waals surface area contributed by atoms with Crippen molar-refractivity contribution in [3.05, 3.63) is 66.2 Å². The average molecular weight is 540 g/mol. The topological polar surface area (TPSA) is 114 Å². The summed E-state index contributed by atoms with van der Waals surface area (Å²) >= 11 is 0. The standard InChI is InChI=1S/C28H33N3O6S/c1-19(32)29-25(18-21-17-23(36-2)11-12-26(21)37-3)28(33)30-22-13-15-31(16-14-22)38(34,35)27-10-6-8-20-7-4-5-9-24(20)27/h4-12,17,22,25H,13-16,18H2,1-3H3,(H,29,32)(H,30,33). The molecule has 3 aromatic rings. The number of rotatable bonds is 9. The third kappa shape index (κ3) is 6.08. The van der Waals surface area contributed by atoms with Gasteiger partial charge in [0.2, 0.25) is 21.8 Å². The molecule has 202 valence electrons. The van der Waals surface area contributed by atoms with Crippen LogP contribution >= 0.6 is 0 Å². The van der Waals surface area contributed by atoms with Gasteiger partial charge in [-0.15, -0.1) is 0 Å². The summed E-state index contributed by atoms with van der Waals surface area (Å²) in [5.74, 6) is 0.534. The van der Waals surface area contributed by atoms with Gasteiger partial charge in [0.1, 0.15) is 17.5 Å². The zero-order valence-corrected chi connectivity index (χ0v) is 22.6. The van der Waals surface area contributed by atoms with E-state index in [2.05, 4.69) is 10.6 Å². The fraction of sp³-hybridized carbons (Fsp3) is 0.357. The molecule has 4 rings (SSSR count). The van der Waals surface area contributed by atoms with Gasteiger partial charge in [-0.2, -0.15) is 4.31 Å². The van der Waals surface area contributed by atoms with Crippen LogP contribution in [0.5, 0.6) is 11.5 Å². The Morgan fingerprint density at radius 1 is 1.00 bits per heavy atom. The van der Waals surface area contributed by atoms with Crippen molar-refractivity contribution in [2.45, 2.75) is 43.2 Å². The molecule has 1 saturated heterocycles. The zero-order valence-electron chi connectivity index (χ0n) is 21.8. The van der Waals surface area contributed by atoms with E-state index in [0.29, 0.717) is 29.7 Å². The molecule has 1 fully saturated rings. The van der Waals surface area contributed by atoms with Gasteiger partial charge in [-0.3, -0.25) is 9.59 Å². The van der Waals surface area contributed by atoms with Crippen LogP contribution in [0.4, 0.5) is 0 Å². The fourth-order valence-corrected chi connectivity index (χ4v) is 6.50. The van der Waals surface area contributed by atoms with Crippen LogP contribution in [0.1, 0.15) is 25.3 Å². The van der Waals surface area contributed by atoms with Crippen LogP contribution in [-0.4, -0.2) is 63.9 Å². The van der Waals surface area contributed by atoms with Crippen LogP contribution in [0, 0.1) is 0 Å². The molecule has 10 heteroatoms. The number of amides is 2. The number of nitrogens with zero attached hydrogens (tertiary/aromatic N) is 1. The highest BCUT2D eigenvalue weighted by atomic mass is 32.2. The van der Waals surface area contributed by atoms with Gasteiger partial charge in [0, 0.05) is 43.4 Å². The van der Waals surface area contributed by atoms with Crippen molar-refractivity contribution < 1.29 is 27.5 Å². The third-order valence-corrected chi connectivity index (χ3v) is 8.73. The quantitative estimate of drug-likeness (QED) is 0.432. The first kappa shape index (κ1) is 27.4. The van der Waals surface area contributed by atoms with Gasteiger partial charge in [0.25, 0.3) is 0 Å². The molecule has 2 amide bonds. The maximum Gasteiger partial charge on any atom is 0.243 e. The first-order chi connectivity index (χ1) is 18.2. The second-order valence-corrected chi connectivity index (χ2v) is 11.2. The minimum absolute atomic E-state index is 0.208. The fourth-order valence-electron chi connectivity index (χ4n) is 4.82. The second kappa shape index (κ2) is 11.8. The normalized spacial score (nSPS) is 15.6. The number of hydrogen-bond donors (Lipinski definition) is 2. The van der Waals surface area contributed by atoms with Crippen molar-refractivity contribution in [1.82, 2.24) is 14.9 Å². The molecule has 0 aliphatic carbocycles. The smallest absolute Gasteiger partial charge is 0.243 e. The van der Waals surface area contributed by atoms with E-state index in [1.165, 1.54) is 11.2 Å². The number of nitrogens with one attached hydrogen (secondary N) is 2. The number of sulfonamides is 1. The summed E-state index contributed by atoms with van der Waals surface area (Å²) in [6.45, 7) is 1.93. The summed E-state index contributed by atoms with van der Waals surface area (Å²) < 4.78 is 39.1. The molecule has 1 heterocycles. The maximum absolute atomic E-state index is 13.4. The van der Waals surface area contributed by atoms with Gasteiger partial charge < -0.3 is 20.1 Å². The molecule has 1 aliphatic rings. The van der Waals surface area contributed by atoms with E-state index in [4.69, 9.17) is 9.47 Å². The molecule has 0 aromatic heterocycles. The van der Waals surface area contributed by atoms with Crippen molar-refractivity contribution in [3.8, 4) is 11.5 Å². The molecule has 0 saturated carbocycles. The van der Waals surface area contributed by atoms with Gasteiger partial charge in [-0.05, 0) is 42.5 Å². The Kier molecular flexibility index (Phi) is 8.53. The van der Waals surface area contributed by atoms with Crippen LogP contribution in [0.25, 0.3) is 10.8 Å². The highest BCUT2D eigenvalue weighted by molar-refractivity contribution is 7.89. The van der Waals surface area contributed by atoms with Crippen molar-refractivity contribution in [2.24, 2.45) is 0 Å². The van der Waals surface area contributed by atoms with Gasteiger partial charge in [0.05, 0.1) is 19.1 Å². The van der Waals surface area contributed by atoms with E-state index in [-0.39, 0.29) is 42.3 Å². The summed E-state index contributed by atoms with van der Waals surface area (Å²) in [5.41, 5.74) is 0.719. The van der Waals surface area contributed by atoms with Gasteiger partial charge in [0.15, 0.2) is 0 Å². The molecule has 0 spiro atoms. The van der Waals surface area contributed by atoms with Crippen molar-refractivity contribution in [3.63, 3.8) is 0 Å². The van der Waals surface area contributed by atoms with Crippen molar-refractivity contribution in [1.29, 1.82) is 0 Å². The molecule has 2 N–H and O–H groups in total. The molecule has 38 heavy (non-hydrogen) atoms. The van der Waals surface area contributed by atoms with Crippen LogP contribution in [0.2, 0.25) is 0 Å². The third-order valence-electron chi connectivity index (χ3n) is 6.77. The Labute approximate surface area is 223 Å². The van der Waals surface area contributed by atoms with Crippen molar-refractivity contribution in [2.75, 3.05) is 27.3 Å². The SMILES string of the molecule is COc1ccc(OC)c(CC(NC(C)=O)C(=O)NC2CCN(S(=O)(=O)c3cccc4ccccc34)CC2)c1. The zero-order chi connectivity index (χ0) is 27.3. The molecule has 3 aromatic carbocycles. The Hall–Kier alpha value is -3.63. The molecule has 9 nitrogen and oxygen atoms in total. The Morgan fingerprint density at radius 2 is 1.71 bits per heavy atom. The molecule has 1 atom stereocenters. The molecule has 0 radical (unpaired) electrons. The van der Waals surface area contributed by atoms with E-state index in [1.54, 1.807) is 44.6 Å². The highest BCUT2D eigenvalue weighted by Gasteiger charge is 2.32. The molecular formula is C28H33N3O6S. The number of ether oxygens (including phenoxy) is 2. The number of methoxy groups -OCH3 is 2. The lowest BCUT2D eigenvalue weighted by Crippen LogP contribution is -2.53. The number of carbonyl (C=O) groups excluding carboxylic acids is 2. The number of benzene rings is 3. The summed E-state index contributed by atoms with van der Waals surface area (Å²) in [4.78, 5) is 25.4. The monoisotopic (exact) mass is 539 g/mol. The van der Waals surface area contributed by atoms with E-state index in [9.17, 15) is 18.0 Å². The minimum atomic E-state index is -3.69. The number of hydrogen-bond acceptors (Lipinski definition) is 6. The van der Waals surface area contributed by atoms with Crippen LogP contribution in [0.15, 0.2) is 65.6 Å². The number of carbonyl (C=O) groups is 2. The van der Waals surface area contributed by atoms with Crippen molar-refractivity contribution >= 4 is 32.6 Å². The van der Waals surface area contributed by atoms with Gasteiger partial charge in [-0.1, -0.05) is 36.4 Å². The lowest BCUT2D eigenvalue weighted by Gasteiger charge is -2.32. The Balaban J connectivity index is 1.43. The molecule has 0 bridgehead atoms. The second-order valence-electron chi connectivity index (χ2n) is 9.30. The highest BCUT2D eigenvalue weighted by Crippen LogP contribution is 2.28. The van der Waals surface area contributed by atoms with Gasteiger partial charge in [-0.25, -0.2) is 8.42 Å². The van der Waals surface area contributed by atoms with Crippen LogP contribution < -0.4 is 20.1 Å². The summed E-state index contributed by atoms with van der Waals surface area (Å²) in [7, 11) is -0.597. The molecule has 1 aliphatic heterocycles. The summed E-state index contributed by atoms with van der Waals surface area (Å²) in [5, 5.41) is 7.29. The maximum atomic E-state index is 13.4. The average Bonchev–Trinajstić information content (AvgIpc) is 2.92. The predicted molar refractivity (Wildman–Crippen MR) is 145 cm³/mol. The lowest BCUT2D eigenvalue weighted by atomic mass is 10.0. The van der Waals surface area contributed by atoms with E-state index < -0.39 is 16.1 Å². The number of fused-ring (bicyclic) bond motifs is 1. The summed E-state index contributed by atoms with van der Waals surface area (Å²) in [6.07, 6.45) is 1.14. The number of piperidine rings is 1. The molecular weight excluding hydrogens is 506 g/mol. The first-order valence-corrected chi connectivity index (χ1v) is 13.9. The van der Waals surface area contributed by atoms with Crippen LogP contribution in [0.3, 0.4) is 0 Å². The van der Waals surface area contributed by atoms with E-state index in [0.717, 1.165) is 10.9 Å².